The number of nitrogens with zero attached hydrogens (tertiary/aromatic N) is 5. The summed E-state index contributed by atoms with van der Waals surface area (Å²) in [5, 5.41) is 0.707. The monoisotopic (exact) mass is 397 g/mol. The summed E-state index contributed by atoms with van der Waals surface area (Å²) in [4.78, 5) is 18.6. The number of benzene rings is 1. The number of anilines is 1. The highest BCUT2D eigenvalue weighted by atomic mass is 35.5. The van der Waals surface area contributed by atoms with Gasteiger partial charge in [0.25, 0.3) is 0 Å². The van der Waals surface area contributed by atoms with E-state index in [0.29, 0.717) is 10.9 Å². The minimum Gasteiger partial charge on any atom is -0.441 e. The van der Waals surface area contributed by atoms with Gasteiger partial charge < -0.3 is 9.32 Å². The van der Waals surface area contributed by atoms with Crippen LogP contribution in [0, 0.1) is 20.8 Å². The van der Waals surface area contributed by atoms with Crippen LogP contribution in [0.4, 0.5) is 5.82 Å². The largest absolute Gasteiger partial charge is 0.441 e. The summed E-state index contributed by atoms with van der Waals surface area (Å²) in [6, 6.07) is 7.57. The summed E-state index contributed by atoms with van der Waals surface area (Å²) in [5.74, 6) is 2.52. The maximum atomic E-state index is 5.97. The van der Waals surface area contributed by atoms with Crippen LogP contribution in [0.2, 0.25) is 5.02 Å². The van der Waals surface area contributed by atoms with E-state index in [1.165, 1.54) is 0 Å². The molecule has 0 aliphatic carbocycles. The van der Waals surface area contributed by atoms with Crippen LogP contribution in [0.15, 0.2) is 34.9 Å². The molecule has 0 N–H and O–H groups in total. The topological polar surface area (TPSA) is 58.3 Å². The van der Waals surface area contributed by atoms with Crippen molar-refractivity contribution in [3.05, 3.63) is 58.3 Å². The van der Waals surface area contributed by atoms with Gasteiger partial charge in [-0.1, -0.05) is 11.6 Å². The first-order valence-electron chi connectivity index (χ1n) is 9.49. The summed E-state index contributed by atoms with van der Waals surface area (Å²) < 4.78 is 5.89. The first kappa shape index (κ1) is 18.9. The average Bonchev–Trinajstić information content (AvgIpc) is 3.05. The SMILES string of the molecule is Cc1cnc(C)c(N2CCN(Cc3nc(-c4ccc(Cl)cc4)oc3C)CC2)n1. The number of aryl methyl sites for hydroxylation is 3. The fraction of sp³-hybridized carbons (Fsp3) is 0.381. The zero-order valence-electron chi connectivity index (χ0n) is 16.4. The van der Waals surface area contributed by atoms with Gasteiger partial charge in [0.05, 0.1) is 17.1 Å². The summed E-state index contributed by atoms with van der Waals surface area (Å²) in [5.41, 5.74) is 3.87. The van der Waals surface area contributed by atoms with E-state index < -0.39 is 0 Å². The Bertz CT molecular complexity index is 961. The van der Waals surface area contributed by atoms with Gasteiger partial charge in [0, 0.05) is 49.5 Å². The number of oxazole rings is 1. The first-order chi connectivity index (χ1) is 13.5. The van der Waals surface area contributed by atoms with Crippen LogP contribution in [-0.4, -0.2) is 46.0 Å². The van der Waals surface area contributed by atoms with E-state index in [1.807, 2.05) is 51.2 Å². The van der Waals surface area contributed by atoms with Gasteiger partial charge in [-0.15, -0.1) is 0 Å². The Balaban J connectivity index is 1.41. The third kappa shape index (κ3) is 4.03. The van der Waals surface area contributed by atoms with Crippen molar-refractivity contribution >= 4 is 17.4 Å². The van der Waals surface area contributed by atoms with E-state index in [2.05, 4.69) is 19.8 Å². The third-order valence-electron chi connectivity index (χ3n) is 5.08. The predicted octanol–water partition coefficient (Wildman–Crippen LogP) is 4.03. The predicted molar refractivity (Wildman–Crippen MR) is 111 cm³/mol. The smallest absolute Gasteiger partial charge is 0.226 e. The zero-order chi connectivity index (χ0) is 19.7. The highest BCUT2D eigenvalue weighted by Gasteiger charge is 2.22. The molecule has 3 aromatic rings. The maximum Gasteiger partial charge on any atom is 0.226 e. The van der Waals surface area contributed by atoms with E-state index in [4.69, 9.17) is 21.0 Å². The first-order valence-corrected chi connectivity index (χ1v) is 9.87. The van der Waals surface area contributed by atoms with Gasteiger partial charge in [-0.3, -0.25) is 9.88 Å². The highest BCUT2D eigenvalue weighted by Crippen LogP contribution is 2.25. The van der Waals surface area contributed by atoms with Crippen LogP contribution in [0.25, 0.3) is 11.5 Å². The molecule has 28 heavy (non-hydrogen) atoms. The molecule has 3 heterocycles. The lowest BCUT2D eigenvalue weighted by atomic mass is 10.2. The van der Waals surface area contributed by atoms with Crippen molar-refractivity contribution in [1.29, 1.82) is 0 Å². The normalized spacial score (nSPS) is 15.2. The van der Waals surface area contributed by atoms with Crippen LogP contribution in [0.1, 0.15) is 22.8 Å². The van der Waals surface area contributed by atoms with Gasteiger partial charge >= 0.3 is 0 Å². The molecule has 1 aliphatic heterocycles. The average molecular weight is 398 g/mol. The molecular formula is C21H24ClN5O. The maximum absolute atomic E-state index is 5.97. The van der Waals surface area contributed by atoms with Crippen molar-refractivity contribution < 1.29 is 4.42 Å². The Kier molecular flexibility index (Phi) is 5.33. The van der Waals surface area contributed by atoms with Gasteiger partial charge in [0.15, 0.2) is 0 Å². The summed E-state index contributed by atoms with van der Waals surface area (Å²) >= 11 is 5.97. The molecule has 1 aliphatic rings. The van der Waals surface area contributed by atoms with Crippen molar-refractivity contribution in [3.8, 4) is 11.5 Å². The molecule has 4 rings (SSSR count). The summed E-state index contributed by atoms with van der Waals surface area (Å²) in [6.07, 6.45) is 1.82. The van der Waals surface area contributed by atoms with E-state index in [9.17, 15) is 0 Å². The Hall–Kier alpha value is -2.44. The molecule has 146 valence electrons. The van der Waals surface area contributed by atoms with Gasteiger partial charge in [-0.2, -0.15) is 0 Å². The molecule has 1 saturated heterocycles. The van der Waals surface area contributed by atoms with Crippen LogP contribution in [0.3, 0.4) is 0 Å². The Morgan fingerprint density at radius 1 is 1.00 bits per heavy atom. The van der Waals surface area contributed by atoms with E-state index >= 15 is 0 Å². The second-order valence-corrected chi connectivity index (χ2v) is 7.65. The molecule has 0 unspecified atom stereocenters. The molecule has 0 saturated carbocycles. The lowest BCUT2D eigenvalue weighted by molar-refractivity contribution is 0.245. The molecule has 0 radical (unpaired) electrons. The standard InChI is InChI=1S/C21H24ClN5O/c1-14-12-23-15(2)20(24-14)27-10-8-26(9-11-27)13-19-16(3)28-21(25-19)17-4-6-18(22)7-5-17/h4-7,12H,8-11,13H2,1-3H3. The van der Waals surface area contributed by atoms with Gasteiger partial charge in [-0.25, -0.2) is 9.97 Å². The number of aromatic nitrogens is 3. The van der Waals surface area contributed by atoms with Gasteiger partial charge in [-0.05, 0) is 45.0 Å². The molecule has 0 amide bonds. The van der Waals surface area contributed by atoms with E-state index in [0.717, 1.165) is 66.9 Å². The van der Waals surface area contributed by atoms with Crippen molar-refractivity contribution in [2.45, 2.75) is 27.3 Å². The van der Waals surface area contributed by atoms with Gasteiger partial charge in [0.1, 0.15) is 11.6 Å². The molecule has 7 heteroatoms. The minimum atomic E-state index is 0.647. The van der Waals surface area contributed by atoms with E-state index in [1.54, 1.807) is 0 Å². The fourth-order valence-electron chi connectivity index (χ4n) is 3.44. The molecule has 1 fully saturated rings. The lowest BCUT2D eigenvalue weighted by Gasteiger charge is -2.35. The summed E-state index contributed by atoms with van der Waals surface area (Å²) in [7, 11) is 0. The van der Waals surface area contributed by atoms with Crippen molar-refractivity contribution in [2.75, 3.05) is 31.1 Å². The Morgan fingerprint density at radius 3 is 2.43 bits per heavy atom. The van der Waals surface area contributed by atoms with Crippen LogP contribution < -0.4 is 4.90 Å². The minimum absolute atomic E-state index is 0.647. The second-order valence-electron chi connectivity index (χ2n) is 7.21. The summed E-state index contributed by atoms with van der Waals surface area (Å²) in [6.45, 7) is 10.5. The molecule has 0 bridgehead atoms. The number of halogens is 1. The highest BCUT2D eigenvalue weighted by molar-refractivity contribution is 6.30. The van der Waals surface area contributed by atoms with Crippen molar-refractivity contribution in [2.24, 2.45) is 0 Å². The molecule has 0 spiro atoms. The molecule has 1 aromatic carbocycles. The van der Waals surface area contributed by atoms with E-state index in [-0.39, 0.29) is 0 Å². The van der Waals surface area contributed by atoms with Gasteiger partial charge in [0.2, 0.25) is 5.89 Å². The number of rotatable bonds is 4. The molecule has 2 aromatic heterocycles. The third-order valence-corrected chi connectivity index (χ3v) is 5.33. The Labute approximate surface area is 170 Å². The number of hydrogen-bond acceptors (Lipinski definition) is 6. The quantitative estimate of drug-likeness (QED) is 0.662. The van der Waals surface area contributed by atoms with Crippen LogP contribution >= 0.6 is 11.6 Å². The number of hydrogen-bond donors (Lipinski definition) is 0. The van der Waals surface area contributed by atoms with Crippen molar-refractivity contribution in [3.63, 3.8) is 0 Å². The molecular weight excluding hydrogens is 374 g/mol. The molecule has 6 nitrogen and oxygen atoms in total. The lowest BCUT2D eigenvalue weighted by Crippen LogP contribution is -2.46. The van der Waals surface area contributed by atoms with Crippen molar-refractivity contribution in [1.82, 2.24) is 19.9 Å². The van der Waals surface area contributed by atoms with Crippen LogP contribution in [-0.2, 0) is 6.54 Å². The van der Waals surface area contributed by atoms with Crippen LogP contribution in [0.5, 0.6) is 0 Å². The molecule has 0 atom stereocenters. The zero-order valence-corrected chi connectivity index (χ0v) is 17.2. The Morgan fingerprint density at radius 2 is 1.71 bits per heavy atom. The second kappa shape index (κ2) is 7.89. The fourth-order valence-corrected chi connectivity index (χ4v) is 3.57. The number of piperazine rings is 1.